The molecule has 6 nitrogen and oxygen atoms in total. The summed E-state index contributed by atoms with van der Waals surface area (Å²) in [4.78, 5) is 6.31. The first-order chi connectivity index (χ1) is 10.9. The highest BCUT2D eigenvalue weighted by Gasteiger charge is 2.40. The molecule has 23 heavy (non-hydrogen) atoms. The van der Waals surface area contributed by atoms with Crippen molar-refractivity contribution in [2.75, 3.05) is 11.5 Å². The molecule has 0 aliphatic carbocycles. The van der Waals surface area contributed by atoms with Gasteiger partial charge in [-0.05, 0) is 30.7 Å². The summed E-state index contributed by atoms with van der Waals surface area (Å²) in [6.07, 6.45) is 2.41. The smallest absolute Gasteiger partial charge is 0.154 e. The Kier molecular flexibility index (Phi) is 4.52. The van der Waals surface area contributed by atoms with E-state index in [1.54, 1.807) is 18.5 Å². The monoisotopic (exact) mass is 336 g/mol. The van der Waals surface area contributed by atoms with Crippen LogP contribution in [0.5, 0.6) is 0 Å². The zero-order valence-electron chi connectivity index (χ0n) is 12.9. The average molecular weight is 336 g/mol. The Morgan fingerprint density at radius 2 is 2.13 bits per heavy atom. The molecule has 2 aromatic heterocycles. The summed E-state index contributed by atoms with van der Waals surface area (Å²) in [5.41, 5.74) is 1.91. The molecule has 3 rings (SSSR count). The summed E-state index contributed by atoms with van der Waals surface area (Å²) in [6.45, 7) is 2.86. The lowest BCUT2D eigenvalue weighted by Gasteiger charge is -2.29. The predicted octanol–water partition coefficient (Wildman–Crippen LogP) is 1.14. The molecule has 0 spiro atoms. The number of furan rings is 1. The molecule has 1 aliphatic rings. The molecule has 1 aliphatic heterocycles. The molecule has 2 aromatic rings. The van der Waals surface area contributed by atoms with Gasteiger partial charge in [-0.25, -0.2) is 8.42 Å². The number of rotatable bonds is 5. The van der Waals surface area contributed by atoms with Gasteiger partial charge in [0.25, 0.3) is 0 Å². The molecule has 0 saturated carbocycles. The number of nitrogens with zero attached hydrogens (tertiary/aromatic N) is 2. The standard InChI is InChI=1S/C16H20N2O4S/c1-12-4-2-6-17-14(12)9-18(8-13-5-3-7-22-13)15-10-23(20,21)11-16(15)19/h2-7,15-16,19H,8-11H2,1H3/t15-,16+/m1/s1. The largest absolute Gasteiger partial charge is 0.468 e. The molecule has 3 heterocycles. The van der Waals surface area contributed by atoms with Crippen LogP contribution >= 0.6 is 0 Å². The Labute approximate surface area is 135 Å². The average Bonchev–Trinajstić information content (AvgIpc) is 3.07. The third-order valence-electron chi connectivity index (χ3n) is 4.17. The van der Waals surface area contributed by atoms with E-state index in [4.69, 9.17) is 4.42 Å². The van der Waals surface area contributed by atoms with Crippen molar-refractivity contribution in [2.45, 2.75) is 32.2 Å². The second kappa shape index (κ2) is 6.43. The van der Waals surface area contributed by atoms with Crippen molar-refractivity contribution in [3.8, 4) is 0 Å². The highest BCUT2D eigenvalue weighted by atomic mass is 32.2. The molecule has 1 saturated heterocycles. The van der Waals surface area contributed by atoms with Gasteiger partial charge < -0.3 is 9.52 Å². The van der Waals surface area contributed by atoms with Crippen LogP contribution in [0.1, 0.15) is 17.0 Å². The highest BCUT2D eigenvalue weighted by molar-refractivity contribution is 7.91. The van der Waals surface area contributed by atoms with Crippen LogP contribution in [0.25, 0.3) is 0 Å². The zero-order chi connectivity index (χ0) is 16.4. The van der Waals surface area contributed by atoms with Gasteiger partial charge in [-0.3, -0.25) is 9.88 Å². The van der Waals surface area contributed by atoms with Crippen molar-refractivity contribution in [3.05, 3.63) is 53.7 Å². The highest BCUT2D eigenvalue weighted by Crippen LogP contribution is 2.23. The van der Waals surface area contributed by atoms with E-state index in [2.05, 4.69) is 4.98 Å². The van der Waals surface area contributed by atoms with Gasteiger partial charge >= 0.3 is 0 Å². The van der Waals surface area contributed by atoms with Crippen LogP contribution in [0, 0.1) is 6.92 Å². The number of pyridine rings is 1. The Morgan fingerprint density at radius 3 is 2.74 bits per heavy atom. The quantitative estimate of drug-likeness (QED) is 0.882. The van der Waals surface area contributed by atoms with Crippen LogP contribution in [-0.4, -0.2) is 47.1 Å². The molecule has 0 radical (unpaired) electrons. The van der Waals surface area contributed by atoms with E-state index in [0.29, 0.717) is 13.1 Å². The molecular weight excluding hydrogens is 316 g/mol. The normalized spacial score (nSPS) is 23.4. The van der Waals surface area contributed by atoms with Crippen LogP contribution < -0.4 is 0 Å². The van der Waals surface area contributed by atoms with E-state index >= 15 is 0 Å². The molecule has 1 N–H and O–H groups in total. The fourth-order valence-electron chi connectivity index (χ4n) is 2.93. The second-order valence-electron chi connectivity index (χ2n) is 5.96. The summed E-state index contributed by atoms with van der Waals surface area (Å²) in [5.74, 6) is 0.504. The summed E-state index contributed by atoms with van der Waals surface area (Å²) in [5, 5.41) is 10.2. The van der Waals surface area contributed by atoms with Gasteiger partial charge in [-0.2, -0.15) is 0 Å². The van der Waals surface area contributed by atoms with Crippen molar-refractivity contribution >= 4 is 9.84 Å². The van der Waals surface area contributed by atoms with Gasteiger partial charge in [-0.15, -0.1) is 0 Å². The minimum Gasteiger partial charge on any atom is -0.468 e. The maximum absolute atomic E-state index is 11.9. The second-order valence-corrected chi connectivity index (χ2v) is 8.12. The first kappa shape index (κ1) is 16.2. The Bertz CT molecular complexity index is 758. The minimum atomic E-state index is -3.21. The number of aliphatic hydroxyl groups excluding tert-OH is 1. The molecule has 0 amide bonds. The van der Waals surface area contributed by atoms with Crippen molar-refractivity contribution in [3.63, 3.8) is 0 Å². The van der Waals surface area contributed by atoms with E-state index in [0.717, 1.165) is 17.0 Å². The van der Waals surface area contributed by atoms with Crippen LogP contribution in [0.15, 0.2) is 41.1 Å². The van der Waals surface area contributed by atoms with Gasteiger partial charge in [0.1, 0.15) is 5.76 Å². The summed E-state index contributed by atoms with van der Waals surface area (Å²) in [6, 6.07) is 7.02. The van der Waals surface area contributed by atoms with E-state index in [-0.39, 0.29) is 11.5 Å². The summed E-state index contributed by atoms with van der Waals surface area (Å²) < 4.78 is 29.1. The van der Waals surface area contributed by atoms with E-state index in [9.17, 15) is 13.5 Å². The Balaban J connectivity index is 1.86. The third kappa shape index (κ3) is 3.80. The zero-order valence-corrected chi connectivity index (χ0v) is 13.7. The van der Waals surface area contributed by atoms with E-state index in [1.807, 2.05) is 30.0 Å². The van der Waals surface area contributed by atoms with Crippen molar-refractivity contribution < 1.29 is 17.9 Å². The summed E-state index contributed by atoms with van der Waals surface area (Å²) in [7, 11) is -3.21. The van der Waals surface area contributed by atoms with E-state index in [1.165, 1.54) is 0 Å². The lowest BCUT2D eigenvalue weighted by Crippen LogP contribution is -2.42. The third-order valence-corrected chi connectivity index (χ3v) is 5.87. The number of sulfone groups is 1. The molecule has 0 aromatic carbocycles. The van der Waals surface area contributed by atoms with Crippen molar-refractivity contribution in [1.29, 1.82) is 0 Å². The number of aryl methyl sites for hydroxylation is 1. The SMILES string of the molecule is Cc1cccnc1CN(Cc1ccco1)[C@@H]1CS(=O)(=O)C[C@@H]1O. The maximum Gasteiger partial charge on any atom is 0.154 e. The van der Waals surface area contributed by atoms with Crippen molar-refractivity contribution in [2.24, 2.45) is 0 Å². The van der Waals surface area contributed by atoms with Crippen LogP contribution in [0.3, 0.4) is 0 Å². The van der Waals surface area contributed by atoms with Crippen LogP contribution in [0.4, 0.5) is 0 Å². The van der Waals surface area contributed by atoms with E-state index < -0.39 is 22.0 Å². The number of hydrogen-bond donors (Lipinski definition) is 1. The first-order valence-electron chi connectivity index (χ1n) is 7.50. The Morgan fingerprint density at radius 1 is 1.30 bits per heavy atom. The first-order valence-corrected chi connectivity index (χ1v) is 9.32. The van der Waals surface area contributed by atoms with Crippen molar-refractivity contribution in [1.82, 2.24) is 9.88 Å². The number of aliphatic hydroxyl groups is 1. The molecule has 2 atom stereocenters. The lowest BCUT2D eigenvalue weighted by molar-refractivity contribution is 0.0676. The summed E-state index contributed by atoms with van der Waals surface area (Å²) >= 11 is 0. The van der Waals surface area contributed by atoms with Crippen LogP contribution in [0.2, 0.25) is 0 Å². The molecule has 0 bridgehead atoms. The van der Waals surface area contributed by atoms with Crippen LogP contribution in [-0.2, 0) is 22.9 Å². The van der Waals surface area contributed by atoms with Gasteiger partial charge in [-0.1, -0.05) is 6.07 Å². The minimum absolute atomic E-state index is 0.0409. The molecule has 0 unspecified atom stereocenters. The molecule has 7 heteroatoms. The fourth-order valence-corrected chi connectivity index (χ4v) is 4.76. The molecular formula is C16H20N2O4S. The number of hydrogen-bond acceptors (Lipinski definition) is 6. The fraction of sp³-hybridized carbons (Fsp3) is 0.438. The molecule has 124 valence electrons. The molecule has 1 fully saturated rings. The van der Waals surface area contributed by atoms with Gasteiger partial charge in [0, 0.05) is 12.7 Å². The van der Waals surface area contributed by atoms with Gasteiger partial charge in [0.05, 0.1) is 42.2 Å². The lowest BCUT2D eigenvalue weighted by atomic mass is 10.1. The van der Waals surface area contributed by atoms with Gasteiger partial charge in [0.15, 0.2) is 9.84 Å². The topological polar surface area (TPSA) is 83.6 Å². The van der Waals surface area contributed by atoms with Gasteiger partial charge in [0.2, 0.25) is 0 Å². The predicted molar refractivity (Wildman–Crippen MR) is 85.4 cm³/mol. The maximum atomic E-state index is 11.9. The Hall–Kier alpha value is -1.70. The number of aromatic nitrogens is 1.